The standard InChI is InChI=1S/C18H24N2S/c1-13-7-8-17(21-13)18(14(2)19)20-11-9-15-5-3-4-6-16(15)10-12-20/h3-8,14,18H,9-12,19H2,1-2H3. The van der Waals surface area contributed by atoms with Gasteiger partial charge in [-0.1, -0.05) is 24.3 Å². The van der Waals surface area contributed by atoms with Crippen LogP contribution in [-0.2, 0) is 12.8 Å². The van der Waals surface area contributed by atoms with Gasteiger partial charge in [-0.25, -0.2) is 0 Å². The molecule has 2 heterocycles. The summed E-state index contributed by atoms with van der Waals surface area (Å²) in [7, 11) is 0. The van der Waals surface area contributed by atoms with Gasteiger partial charge in [0.1, 0.15) is 0 Å². The minimum atomic E-state index is 0.157. The van der Waals surface area contributed by atoms with Crippen molar-refractivity contribution in [2.45, 2.75) is 38.8 Å². The summed E-state index contributed by atoms with van der Waals surface area (Å²) >= 11 is 1.89. The van der Waals surface area contributed by atoms with Crippen LogP contribution in [0.5, 0.6) is 0 Å². The smallest absolute Gasteiger partial charge is 0.0591 e. The molecule has 0 radical (unpaired) electrons. The van der Waals surface area contributed by atoms with E-state index in [2.05, 4.69) is 55.1 Å². The molecule has 1 aromatic carbocycles. The van der Waals surface area contributed by atoms with Crippen LogP contribution in [0, 0.1) is 6.92 Å². The maximum Gasteiger partial charge on any atom is 0.0591 e. The van der Waals surface area contributed by atoms with E-state index in [0.29, 0.717) is 6.04 Å². The maximum absolute atomic E-state index is 6.33. The third-order valence-corrected chi connectivity index (χ3v) is 5.47. The zero-order chi connectivity index (χ0) is 14.8. The lowest BCUT2D eigenvalue weighted by molar-refractivity contribution is 0.187. The lowest BCUT2D eigenvalue weighted by atomic mass is 10.0. The minimum absolute atomic E-state index is 0.157. The van der Waals surface area contributed by atoms with E-state index in [1.807, 2.05) is 11.3 Å². The molecule has 112 valence electrons. The second kappa shape index (κ2) is 6.30. The second-order valence-electron chi connectivity index (χ2n) is 6.06. The molecule has 3 rings (SSSR count). The maximum atomic E-state index is 6.33. The zero-order valence-electron chi connectivity index (χ0n) is 12.9. The highest BCUT2D eigenvalue weighted by Crippen LogP contribution is 2.31. The van der Waals surface area contributed by atoms with E-state index < -0.39 is 0 Å². The van der Waals surface area contributed by atoms with Gasteiger partial charge in [0.15, 0.2) is 0 Å². The molecular weight excluding hydrogens is 276 g/mol. The summed E-state index contributed by atoms with van der Waals surface area (Å²) < 4.78 is 0. The van der Waals surface area contributed by atoms with Crippen molar-refractivity contribution in [1.82, 2.24) is 4.90 Å². The molecule has 21 heavy (non-hydrogen) atoms. The van der Waals surface area contributed by atoms with E-state index in [9.17, 15) is 0 Å². The van der Waals surface area contributed by atoms with Crippen LogP contribution in [0.2, 0.25) is 0 Å². The fourth-order valence-corrected chi connectivity index (χ4v) is 4.48. The first-order chi connectivity index (χ1) is 10.1. The Morgan fingerprint density at radius 1 is 1.05 bits per heavy atom. The van der Waals surface area contributed by atoms with Gasteiger partial charge in [-0.3, -0.25) is 4.90 Å². The third kappa shape index (κ3) is 3.20. The fourth-order valence-electron chi connectivity index (χ4n) is 3.35. The Kier molecular flexibility index (Phi) is 4.43. The van der Waals surface area contributed by atoms with Gasteiger partial charge >= 0.3 is 0 Å². The summed E-state index contributed by atoms with van der Waals surface area (Å²) in [5.41, 5.74) is 9.34. The Hall–Kier alpha value is -1.16. The summed E-state index contributed by atoms with van der Waals surface area (Å²) in [5, 5.41) is 0. The molecule has 2 N–H and O–H groups in total. The van der Waals surface area contributed by atoms with Crippen molar-refractivity contribution in [3.05, 3.63) is 57.3 Å². The van der Waals surface area contributed by atoms with Gasteiger partial charge in [-0.15, -0.1) is 11.3 Å². The lowest BCUT2D eigenvalue weighted by Crippen LogP contribution is -2.40. The molecule has 0 fully saturated rings. The molecule has 0 aliphatic carbocycles. The molecule has 0 spiro atoms. The number of fused-ring (bicyclic) bond motifs is 1. The topological polar surface area (TPSA) is 29.3 Å². The SMILES string of the molecule is Cc1ccc(C(C(C)N)N2CCc3ccccc3CC2)s1. The first-order valence-electron chi connectivity index (χ1n) is 7.78. The summed E-state index contributed by atoms with van der Waals surface area (Å²) in [5.74, 6) is 0. The van der Waals surface area contributed by atoms with E-state index in [-0.39, 0.29) is 6.04 Å². The zero-order valence-corrected chi connectivity index (χ0v) is 13.7. The Labute approximate surface area is 131 Å². The van der Waals surface area contributed by atoms with E-state index in [1.165, 1.54) is 20.9 Å². The van der Waals surface area contributed by atoms with Crippen LogP contribution in [0.15, 0.2) is 36.4 Å². The average molecular weight is 300 g/mol. The number of thiophene rings is 1. The molecule has 1 aliphatic heterocycles. The van der Waals surface area contributed by atoms with Gasteiger partial charge < -0.3 is 5.73 Å². The summed E-state index contributed by atoms with van der Waals surface area (Å²) in [4.78, 5) is 5.36. The molecule has 0 amide bonds. The van der Waals surface area contributed by atoms with Crippen molar-refractivity contribution < 1.29 is 0 Å². The van der Waals surface area contributed by atoms with E-state index >= 15 is 0 Å². The van der Waals surface area contributed by atoms with Gasteiger partial charge in [-0.2, -0.15) is 0 Å². The summed E-state index contributed by atoms with van der Waals surface area (Å²) in [6.07, 6.45) is 2.26. The Bertz CT molecular complexity index is 576. The van der Waals surface area contributed by atoms with Crippen LogP contribution in [-0.4, -0.2) is 24.0 Å². The quantitative estimate of drug-likeness (QED) is 0.939. The van der Waals surface area contributed by atoms with Crippen molar-refractivity contribution in [2.24, 2.45) is 5.73 Å². The molecule has 2 aromatic rings. The van der Waals surface area contributed by atoms with Crippen molar-refractivity contribution in [2.75, 3.05) is 13.1 Å². The van der Waals surface area contributed by atoms with Gasteiger partial charge in [0, 0.05) is 28.9 Å². The summed E-state index contributed by atoms with van der Waals surface area (Å²) in [6.45, 7) is 6.50. The highest BCUT2D eigenvalue weighted by atomic mass is 32.1. The monoisotopic (exact) mass is 300 g/mol. The molecule has 2 unspecified atom stereocenters. The predicted molar refractivity (Wildman–Crippen MR) is 90.9 cm³/mol. The number of rotatable bonds is 3. The van der Waals surface area contributed by atoms with Crippen LogP contribution >= 0.6 is 11.3 Å². The highest BCUT2D eigenvalue weighted by Gasteiger charge is 2.26. The number of hydrogen-bond donors (Lipinski definition) is 1. The van der Waals surface area contributed by atoms with Crippen molar-refractivity contribution >= 4 is 11.3 Å². The van der Waals surface area contributed by atoms with Crippen LogP contribution in [0.25, 0.3) is 0 Å². The van der Waals surface area contributed by atoms with Crippen LogP contribution in [0.1, 0.15) is 33.8 Å². The van der Waals surface area contributed by atoms with Crippen LogP contribution in [0.4, 0.5) is 0 Å². The average Bonchev–Trinajstić information content (AvgIpc) is 2.76. The van der Waals surface area contributed by atoms with Crippen molar-refractivity contribution in [1.29, 1.82) is 0 Å². The van der Waals surface area contributed by atoms with E-state index in [0.717, 1.165) is 25.9 Å². The fraction of sp³-hybridized carbons (Fsp3) is 0.444. The van der Waals surface area contributed by atoms with E-state index in [1.54, 1.807) is 0 Å². The van der Waals surface area contributed by atoms with E-state index in [4.69, 9.17) is 5.73 Å². The molecule has 2 atom stereocenters. The number of nitrogens with two attached hydrogens (primary N) is 1. The van der Waals surface area contributed by atoms with Crippen molar-refractivity contribution in [3.63, 3.8) is 0 Å². The van der Waals surface area contributed by atoms with Gasteiger partial charge in [-0.05, 0) is 49.9 Å². The first kappa shape index (κ1) is 14.8. The molecule has 1 aromatic heterocycles. The Morgan fingerprint density at radius 2 is 1.67 bits per heavy atom. The molecule has 2 nitrogen and oxygen atoms in total. The number of aryl methyl sites for hydroxylation is 1. The van der Waals surface area contributed by atoms with Gasteiger partial charge in [0.25, 0.3) is 0 Å². The normalized spacial score (nSPS) is 18.8. The molecule has 0 saturated heterocycles. The molecule has 0 bridgehead atoms. The van der Waals surface area contributed by atoms with Gasteiger partial charge in [0.05, 0.1) is 6.04 Å². The molecular formula is C18H24N2S. The largest absolute Gasteiger partial charge is 0.326 e. The predicted octanol–water partition coefficient (Wildman–Crippen LogP) is 3.55. The summed E-state index contributed by atoms with van der Waals surface area (Å²) in [6, 6.07) is 13.8. The second-order valence-corrected chi connectivity index (χ2v) is 7.38. The van der Waals surface area contributed by atoms with Crippen LogP contribution in [0.3, 0.4) is 0 Å². The molecule has 0 saturated carbocycles. The third-order valence-electron chi connectivity index (χ3n) is 4.40. The number of hydrogen-bond acceptors (Lipinski definition) is 3. The Balaban J connectivity index is 1.82. The lowest BCUT2D eigenvalue weighted by Gasteiger charge is -2.32. The molecule has 3 heteroatoms. The Morgan fingerprint density at radius 3 is 2.14 bits per heavy atom. The molecule has 1 aliphatic rings. The first-order valence-corrected chi connectivity index (χ1v) is 8.59. The van der Waals surface area contributed by atoms with Gasteiger partial charge in [0.2, 0.25) is 0 Å². The van der Waals surface area contributed by atoms with Crippen LogP contribution < -0.4 is 5.73 Å². The highest BCUT2D eigenvalue weighted by molar-refractivity contribution is 7.12. The number of nitrogens with zero attached hydrogens (tertiary/aromatic N) is 1. The minimum Gasteiger partial charge on any atom is -0.326 e. The number of benzene rings is 1. The van der Waals surface area contributed by atoms with Crippen molar-refractivity contribution in [3.8, 4) is 0 Å².